The molecule has 0 saturated heterocycles. The van der Waals surface area contributed by atoms with Gasteiger partial charge in [-0.1, -0.05) is 59.3 Å². The summed E-state index contributed by atoms with van der Waals surface area (Å²) in [4.78, 5) is 16.5. The molecular formula is C20H13ClN2O2S. The lowest BCUT2D eigenvalue weighted by molar-refractivity contribution is -0.111. The second-order valence-electron chi connectivity index (χ2n) is 5.50. The van der Waals surface area contributed by atoms with Gasteiger partial charge in [-0.2, -0.15) is 0 Å². The first kappa shape index (κ1) is 16.6. The maximum atomic E-state index is 12.1. The molecule has 0 aliphatic heterocycles. The third-order valence-electron chi connectivity index (χ3n) is 3.68. The van der Waals surface area contributed by atoms with Crippen LogP contribution in [-0.4, -0.2) is 10.9 Å². The summed E-state index contributed by atoms with van der Waals surface area (Å²) in [6.07, 6.45) is 3.04. The molecule has 0 atom stereocenters. The third-order valence-corrected chi connectivity index (χ3v) is 4.92. The molecule has 0 bridgehead atoms. The Morgan fingerprint density at radius 3 is 2.73 bits per heavy atom. The highest BCUT2D eigenvalue weighted by molar-refractivity contribution is 7.22. The van der Waals surface area contributed by atoms with Gasteiger partial charge in [-0.3, -0.25) is 10.1 Å². The Bertz CT molecular complexity index is 1100. The van der Waals surface area contributed by atoms with Crippen LogP contribution in [0.2, 0.25) is 5.02 Å². The van der Waals surface area contributed by atoms with Gasteiger partial charge in [0.25, 0.3) is 0 Å². The van der Waals surface area contributed by atoms with Crippen LogP contribution in [0.1, 0.15) is 5.76 Å². The highest BCUT2D eigenvalue weighted by atomic mass is 35.5. The zero-order valence-electron chi connectivity index (χ0n) is 13.5. The Hall–Kier alpha value is -2.89. The number of nitrogens with one attached hydrogen (secondary N) is 1. The van der Waals surface area contributed by atoms with Gasteiger partial charge >= 0.3 is 0 Å². The molecule has 0 spiro atoms. The Balaban J connectivity index is 1.46. The minimum absolute atomic E-state index is 0.280. The Labute approximate surface area is 158 Å². The molecule has 4 nitrogen and oxygen atoms in total. The van der Waals surface area contributed by atoms with E-state index in [0.717, 1.165) is 16.0 Å². The number of nitrogens with zero attached hydrogens (tertiary/aromatic N) is 1. The molecule has 0 aliphatic rings. The number of amides is 1. The predicted octanol–water partition coefficient (Wildman–Crippen LogP) is 5.86. The molecule has 6 heteroatoms. The molecule has 0 radical (unpaired) electrons. The van der Waals surface area contributed by atoms with Crippen molar-refractivity contribution in [3.8, 4) is 11.3 Å². The van der Waals surface area contributed by atoms with Crippen LogP contribution in [0.25, 0.3) is 27.6 Å². The Morgan fingerprint density at radius 2 is 1.92 bits per heavy atom. The van der Waals surface area contributed by atoms with E-state index in [1.165, 1.54) is 17.4 Å². The van der Waals surface area contributed by atoms with Crippen molar-refractivity contribution in [2.75, 3.05) is 5.32 Å². The number of para-hydroxylation sites is 1. The summed E-state index contributed by atoms with van der Waals surface area (Å²) in [5, 5.41) is 3.82. The van der Waals surface area contributed by atoms with Crippen LogP contribution in [0.3, 0.4) is 0 Å². The summed E-state index contributed by atoms with van der Waals surface area (Å²) < 4.78 is 6.66. The van der Waals surface area contributed by atoms with Crippen LogP contribution in [0.5, 0.6) is 0 Å². The number of rotatable bonds is 4. The molecule has 4 rings (SSSR count). The molecular weight excluding hydrogens is 368 g/mol. The second-order valence-corrected chi connectivity index (χ2v) is 6.93. The van der Waals surface area contributed by atoms with Gasteiger partial charge in [-0.05, 0) is 30.3 Å². The molecule has 0 aliphatic carbocycles. The van der Waals surface area contributed by atoms with Crippen molar-refractivity contribution < 1.29 is 9.21 Å². The number of furan rings is 1. The number of carbonyl (C=O) groups is 1. The van der Waals surface area contributed by atoms with Crippen molar-refractivity contribution in [3.05, 3.63) is 77.5 Å². The number of hydrogen-bond acceptors (Lipinski definition) is 4. The van der Waals surface area contributed by atoms with Crippen LogP contribution < -0.4 is 5.32 Å². The number of thiazole rings is 1. The van der Waals surface area contributed by atoms with Crippen molar-refractivity contribution in [1.29, 1.82) is 0 Å². The molecule has 2 aromatic heterocycles. The van der Waals surface area contributed by atoms with Gasteiger partial charge in [0.2, 0.25) is 5.91 Å². The van der Waals surface area contributed by atoms with Gasteiger partial charge in [0.15, 0.2) is 5.13 Å². The van der Waals surface area contributed by atoms with Gasteiger partial charge < -0.3 is 4.42 Å². The predicted molar refractivity (Wildman–Crippen MR) is 106 cm³/mol. The average Bonchev–Trinajstić information content (AvgIpc) is 3.28. The maximum absolute atomic E-state index is 12.1. The number of carbonyl (C=O) groups excluding carboxylic acids is 1. The highest BCUT2D eigenvalue weighted by Crippen LogP contribution is 2.30. The lowest BCUT2D eigenvalue weighted by Gasteiger charge is -1.95. The number of fused-ring (bicyclic) bond motifs is 1. The topological polar surface area (TPSA) is 55.1 Å². The summed E-state index contributed by atoms with van der Waals surface area (Å²) in [6.45, 7) is 0. The van der Waals surface area contributed by atoms with Crippen LogP contribution in [0, 0.1) is 0 Å². The van der Waals surface area contributed by atoms with Gasteiger partial charge in [-0.15, -0.1) is 0 Å². The van der Waals surface area contributed by atoms with Crippen molar-refractivity contribution in [2.24, 2.45) is 0 Å². The van der Waals surface area contributed by atoms with Gasteiger partial charge in [0.1, 0.15) is 17.0 Å². The first-order chi connectivity index (χ1) is 12.7. The lowest BCUT2D eigenvalue weighted by atomic mass is 10.2. The van der Waals surface area contributed by atoms with Crippen LogP contribution in [0.4, 0.5) is 5.13 Å². The Kier molecular flexibility index (Phi) is 4.56. The van der Waals surface area contributed by atoms with E-state index in [4.69, 9.17) is 16.0 Å². The smallest absolute Gasteiger partial charge is 0.250 e. The average molecular weight is 381 g/mol. The highest BCUT2D eigenvalue weighted by Gasteiger charge is 2.08. The van der Waals surface area contributed by atoms with E-state index in [9.17, 15) is 4.79 Å². The molecule has 0 fully saturated rings. The van der Waals surface area contributed by atoms with Crippen molar-refractivity contribution in [3.63, 3.8) is 0 Å². The molecule has 1 N–H and O–H groups in total. The van der Waals surface area contributed by atoms with Crippen molar-refractivity contribution in [1.82, 2.24) is 4.98 Å². The van der Waals surface area contributed by atoms with Gasteiger partial charge in [0.05, 0.1) is 9.72 Å². The molecule has 2 heterocycles. The quantitative estimate of drug-likeness (QED) is 0.451. The monoisotopic (exact) mass is 380 g/mol. The number of halogens is 1. The maximum Gasteiger partial charge on any atom is 0.250 e. The molecule has 4 aromatic rings. The summed E-state index contributed by atoms with van der Waals surface area (Å²) in [5.41, 5.74) is 1.68. The number of hydrogen-bond donors (Lipinski definition) is 1. The fourth-order valence-corrected chi connectivity index (χ4v) is 3.64. The van der Waals surface area contributed by atoms with Crippen LogP contribution >= 0.6 is 22.9 Å². The first-order valence-corrected chi connectivity index (χ1v) is 9.08. The first-order valence-electron chi connectivity index (χ1n) is 7.88. The van der Waals surface area contributed by atoms with Crippen LogP contribution in [0.15, 0.2) is 71.2 Å². The van der Waals surface area contributed by atoms with Crippen molar-refractivity contribution in [2.45, 2.75) is 0 Å². The fraction of sp³-hybridized carbons (Fsp3) is 0. The molecule has 1 amide bonds. The van der Waals surface area contributed by atoms with Gasteiger partial charge in [0, 0.05) is 11.6 Å². The molecule has 128 valence electrons. The van der Waals surface area contributed by atoms with E-state index in [-0.39, 0.29) is 5.91 Å². The van der Waals surface area contributed by atoms with Crippen molar-refractivity contribution >= 4 is 50.3 Å². The van der Waals surface area contributed by atoms with Crippen LogP contribution in [-0.2, 0) is 4.79 Å². The van der Waals surface area contributed by atoms with E-state index >= 15 is 0 Å². The number of benzene rings is 2. The van der Waals surface area contributed by atoms with E-state index in [1.54, 1.807) is 12.1 Å². The zero-order valence-corrected chi connectivity index (χ0v) is 15.1. The van der Waals surface area contributed by atoms with Gasteiger partial charge in [-0.25, -0.2) is 4.98 Å². The zero-order chi connectivity index (χ0) is 17.9. The van der Waals surface area contributed by atoms with E-state index in [1.807, 2.05) is 54.6 Å². The normalized spacial score (nSPS) is 11.3. The second kappa shape index (κ2) is 7.15. The largest absolute Gasteiger partial charge is 0.457 e. The summed E-state index contributed by atoms with van der Waals surface area (Å²) in [7, 11) is 0. The standard InChI is InChI=1S/C20H13ClN2O2S/c21-15-7-4-8-17-19(15)23-20(26-17)22-18(24)12-10-14-9-11-16(25-14)13-5-2-1-3-6-13/h1-12H,(H,22,23,24)/b12-10+. The fourth-order valence-electron chi connectivity index (χ4n) is 2.47. The lowest BCUT2D eigenvalue weighted by Crippen LogP contribution is -2.07. The summed E-state index contributed by atoms with van der Waals surface area (Å²) in [6, 6.07) is 19.0. The minimum Gasteiger partial charge on any atom is -0.457 e. The molecule has 2 aromatic carbocycles. The van der Waals surface area contributed by atoms with E-state index in [0.29, 0.717) is 21.4 Å². The number of anilines is 1. The third kappa shape index (κ3) is 3.54. The Morgan fingerprint density at radius 1 is 1.08 bits per heavy atom. The SMILES string of the molecule is O=C(/C=C/c1ccc(-c2ccccc2)o1)Nc1nc2c(Cl)cccc2s1. The molecule has 0 unspecified atom stereocenters. The van der Waals surface area contributed by atoms with E-state index in [2.05, 4.69) is 10.3 Å². The minimum atomic E-state index is -0.280. The molecule has 26 heavy (non-hydrogen) atoms. The summed E-state index contributed by atoms with van der Waals surface area (Å²) in [5.74, 6) is 1.08. The number of aromatic nitrogens is 1. The molecule has 0 saturated carbocycles. The van der Waals surface area contributed by atoms with E-state index < -0.39 is 0 Å². The summed E-state index contributed by atoms with van der Waals surface area (Å²) >= 11 is 7.48.